The van der Waals surface area contributed by atoms with Crippen molar-refractivity contribution in [3.8, 4) is 0 Å². The van der Waals surface area contributed by atoms with Gasteiger partial charge in [-0.2, -0.15) is 0 Å². The second-order valence-corrected chi connectivity index (χ2v) is 7.48. The van der Waals surface area contributed by atoms with E-state index in [1.807, 2.05) is 36.7 Å². The molecule has 0 bridgehead atoms. The maximum Gasteiger partial charge on any atom is 0.248 e. The van der Waals surface area contributed by atoms with Crippen LogP contribution in [0.2, 0.25) is 0 Å². The minimum atomic E-state index is -2.49. The summed E-state index contributed by atoms with van der Waals surface area (Å²) >= 11 is 0. The lowest BCUT2D eigenvalue weighted by Gasteiger charge is -2.35. The fourth-order valence-corrected chi connectivity index (χ4v) is 4.06. The fourth-order valence-electron chi connectivity index (χ4n) is 4.06. The summed E-state index contributed by atoms with van der Waals surface area (Å²) < 4.78 is 41.8. The molecule has 0 saturated heterocycles. The number of alkyl halides is 2. The monoisotopic (exact) mass is 358 g/mol. The van der Waals surface area contributed by atoms with Crippen molar-refractivity contribution in [1.82, 2.24) is 9.55 Å². The lowest BCUT2D eigenvalue weighted by atomic mass is 9.81. The topological polar surface area (TPSA) is 17.8 Å². The number of nitrogens with zero attached hydrogens (tertiary/aromatic N) is 2. The Kier molecular flexibility index (Phi) is 4.05. The van der Waals surface area contributed by atoms with Crippen LogP contribution in [0.1, 0.15) is 35.2 Å². The van der Waals surface area contributed by atoms with Gasteiger partial charge in [-0.15, -0.1) is 0 Å². The molecule has 2 nitrogen and oxygen atoms in total. The first-order chi connectivity index (χ1) is 12.3. The van der Waals surface area contributed by atoms with E-state index in [-0.39, 0.29) is 24.6 Å². The smallest absolute Gasteiger partial charge is 0.248 e. The summed E-state index contributed by atoms with van der Waals surface area (Å²) in [5.41, 5.74) is 4.85. The number of hydrogen-bond acceptors (Lipinski definition) is 1. The zero-order chi connectivity index (χ0) is 18.5. The van der Waals surface area contributed by atoms with E-state index in [9.17, 15) is 13.2 Å². The van der Waals surface area contributed by atoms with Gasteiger partial charge in [-0.25, -0.2) is 13.2 Å². The first-order valence-electron chi connectivity index (χ1n) is 8.88. The van der Waals surface area contributed by atoms with Crippen molar-refractivity contribution in [2.75, 3.05) is 0 Å². The summed E-state index contributed by atoms with van der Waals surface area (Å²) in [6.45, 7) is 4.43. The van der Waals surface area contributed by atoms with Gasteiger partial charge in [-0.1, -0.05) is 0 Å². The molecule has 1 saturated carbocycles. The Labute approximate surface area is 150 Å². The summed E-state index contributed by atoms with van der Waals surface area (Å²) in [6, 6.07) is 7.03. The third kappa shape index (κ3) is 3.11. The van der Waals surface area contributed by atoms with Crippen LogP contribution in [0.25, 0.3) is 10.9 Å². The van der Waals surface area contributed by atoms with Gasteiger partial charge in [0, 0.05) is 43.6 Å². The van der Waals surface area contributed by atoms with Crippen LogP contribution in [-0.2, 0) is 13.0 Å². The first-order valence-corrected chi connectivity index (χ1v) is 8.88. The van der Waals surface area contributed by atoms with Crippen LogP contribution < -0.4 is 0 Å². The molecule has 0 amide bonds. The fraction of sp³-hybridized carbons (Fsp3) is 0.381. The van der Waals surface area contributed by atoms with Gasteiger partial charge in [0.2, 0.25) is 5.92 Å². The molecular formula is C21H21F3N2. The second kappa shape index (κ2) is 6.15. The molecule has 136 valence electrons. The summed E-state index contributed by atoms with van der Waals surface area (Å²) in [5, 5.41) is 1.03. The average molecular weight is 358 g/mol. The van der Waals surface area contributed by atoms with E-state index in [1.165, 1.54) is 0 Å². The van der Waals surface area contributed by atoms with E-state index in [0.29, 0.717) is 13.0 Å². The van der Waals surface area contributed by atoms with Crippen molar-refractivity contribution in [3.05, 3.63) is 64.9 Å². The predicted octanol–water partition coefficient (Wildman–Crippen LogP) is 5.43. The van der Waals surface area contributed by atoms with Crippen LogP contribution in [0.4, 0.5) is 13.2 Å². The number of aryl methyl sites for hydroxylation is 2. The lowest BCUT2D eigenvalue weighted by Crippen LogP contribution is -2.37. The van der Waals surface area contributed by atoms with Gasteiger partial charge >= 0.3 is 0 Å². The van der Waals surface area contributed by atoms with Crippen molar-refractivity contribution in [3.63, 3.8) is 0 Å². The zero-order valence-corrected chi connectivity index (χ0v) is 14.9. The van der Waals surface area contributed by atoms with Gasteiger partial charge in [0.1, 0.15) is 5.82 Å². The summed E-state index contributed by atoms with van der Waals surface area (Å²) in [7, 11) is 0. The van der Waals surface area contributed by atoms with Crippen molar-refractivity contribution < 1.29 is 13.2 Å². The number of aromatic nitrogens is 2. The molecule has 0 N–H and O–H groups in total. The molecule has 1 aliphatic carbocycles. The normalized spacial score (nSPS) is 16.8. The maximum absolute atomic E-state index is 13.5. The Bertz CT molecular complexity index is 944. The average Bonchev–Trinajstić information content (AvgIpc) is 2.93. The highest BCUT2D eigenvalue weighted by molar-refractivity contribution is 5.82. The van der Waals surface area contributed by atoms with E-state index in [4.69, 9.17) is 0 Å². The Morgan fingerprint density at radius 1 is 1.15 bits per heavy atom. The van der Waals surface area contributed by atoms with Crippen LogP contribution in [0, 0.1) is 25.6 Å². The molecule has 1 aliphatic rings. The number of fused-ring (bicyclic) bond motifs is 1. The van der Waals surface area contributed by atoms with E-state index in [2.05, 4.69) is 4.98 Å². The second-order valence-electron chi connectivity index (χ2n) is 7.48. The Morgan fingerprint density at radius 3 is 2.50 bits per heavy atom. The molecule has 0 atom stereocenters. The molecule has 2 heterocycles. The minimum Gasteiger partial charge on any atom is -0.347 e. The molecule has 4 rings (SSSR count). The molecule has 5 heteroatoms. The quantitative estimate of drug-likeness (QED) is 0.608. The van der Waals surface area contributed by atoms with Gasteiger partial charge in [-0.3, -0.25) is 4.98 Å². The van der Waals surface area contributed by atoms with Crippen LogP contribution >= 0.6 is 0 Å². The Hall–Kier alpha value is -2.30. The molecule has 26 heavy (non-hydrogen) atoms. The molecular weight excluding hydrogens is 337 g/mol. The standard InChI is InChI=1S/C21H21F3N2/c1-13-7-16(22)8-14(2)18(13)9-19-17-4-6-26(20(17)3-5-25-19)12-15-10-21(23,24)11-15/h3-8,15H,9-12H2,1-2H3. The number of hydrogen-bond donors (Lipinski definition) is 0. The number of benzene rings is 1. The number of halogens is 3. The molecule has 3 aromatic rings. The molecule has 1 aromatic carbocycles. The molecule has 1 fully saturated rings. The van der Waals surface area contributed by atoms with E-state index < -0.39 is 5.92 Å². The van der Waals surface area contributed by atoms with Gasteiger partial charge in [-0.05, 0) is 60.7 Å². The van der Waals surface area contributed by atoms with Crippen molar-refractivity contribution in [2.45, 2.75) is 45.6 Å². The highest BCUT2D eigenvalue weighted by Gasteiger charge is 2.45. The molecule has 0 aliphatic heterocycles. The molecule has 2 aromatic heterocycles. The maximum atomic E-state index is 13.5. The van der Waals surface area contributed by atoms with Crippen LogP contribution in [0.3, 0.4) is 0 Å². The predicted molar refractivity (Wildman–Crippen MR) is 96.1 cm³/mol. The number of rotatable bonds is 4. The van der Waals surface area contributed by atoms with Crippen molar-refractivity contribution in [1.29, 1.82) is 0 Å². The molecule has 0 radical (unpaired) electrons. The van der Waals surface area contributed by atoms with Gasteiger partial charge < -0.3 is 4.57 Å². The van der Waals surface area contributed by atoms with Gasteiger partial charge in [0.15, 0.2) is 0 Å². The third-order valence-corrected chi connectivity index (χ3v) is 5.41. The Balaban J connectivity index is 1.63. The summed E-state index contributed by atoms with van der Waals surface area (Å²) in [4.78, 5) is 4.53. The first kappa shape index (κ1) is 17.1. The van der Waals surface area contributed by atoms with Crippen molar-refractivity contribution in [2.24, 2.45) is 5.92 Å². The largest absolute Gasteiger partial charge is 0.347 e. The molecule has 0 unspecified atom stereocenters. The Morgan fingerprint density at radius 2 is 1.85 bits per heavy atom. The van der Waals surface area contributed by atoms with Crippen LogP contribution in [0.5, 0.6) is 0 Å². The van der Waals surface area contributed by atoms with E-state index >= 15 is 0 Å². The van der Waals surface area contributed by atoms with Gasteiger partial charge in [0.05, 0.1) is 11.2 Å². The third-order valence-electron chi connectivity index (χ3n) is 5.41. The number of pyridine rings is 1. The van der Waals surface area contributed by atoms with E-state index in [0.717, 1.165) is 33.3 Å². The summed E-state index contributed by atoms with van der Waals surface area (Å²) in [5.74, 6) is -2.69. The highest BCUT2D eigenvalue weighted by Crippen LogP contribution is 2.43. The summed E-state index contributed by atoms with van der Waals surface area (Å²) in [6.07, 6.45) is 4.28. The van der Waals surface area contributed by atoms with Crippen molar-refractivity contribution >= 4 is 10.9 Å². The zero-order valence-electron chi connectivity index (χ0n) is 14.9. The van der Waals surface area contributed by atoms with E-state index in [1.54, 1.807) is 18.3 Å². The highest BCUT2D eigenvalue weighted by atomic mass is 19.3. The lowest BCUT2D eigenvalue weighted by molar-refractivity contribution is -0.113. The SMILES string of the molecule is Cc1cc(F)cc(C)c1Cc1nccc2c1ccn2CC1CC(F)(F)C1. The molecule has 0 spiro atoms. The van der Waals surface area contributed by atoms with Crippen LogP contribution in [0.15, 0.2) is 36.7 Å². The van der Waals surface area contributed by atoms with Gasteiger partial charge in [0.25, 0.3) is 0 Å². The minimum absolute atomic E-state index is 0.0267. The van der Waals surface area contributed by atoms with Crippen LogP contribution in [-0.4, -0.2) is 15.5 Å².